The number of aryl methyl sites for hydroxylation is 2. The van der Waals surface area contributed by atoms with Gasteiger partial charge in [0.25, 0.3) is 0 Å². The van der Waals surface area contributed by atoms with Crippen LogP contribution in [0.1, 0.15) is 11.1 Å². The number of hydrogen-bond donors (Lipinski definition) is 0. The molecular weight excluding hydrogens is 402 g/mol. The molecule has 0 aliphatic carbocycles. The van der Waals surface area contributed by atoms with Gasteiger partial charge in [0.1, 0.15) is 11.2 Å². The lowest BCUT2D eigenvalue weighted by Crippen LogP contribution is -1.87. The van der Waals surface area contributed by atoms with Crippen LogP contribution in [0.3, 0.4) is 0 Å². The molecule has 0 unspecified atom stereocenters. The number of nitrogens with zero attached hydrogens (tertiary/aromatic N) is 1. The summed E-state index contributed by atoms with van der Waals surface area (Å²) in [7, 11) is 0. The third kappa shape index (κ3) is 2.52. The number of fused-ring (bicyclic) bond motifs is 10. The summed E-state index contributed by atoms with van der Waals surface area (Å²) < 4.78 is 6.64. The molecule has 0 spiro atoms. The molecule has 7 aromatic rings. The lowest BCUT2D eigenvalue weighted by atomic mass is 9.94. The molecule has 156 valence electrons. The Kier molecular flexibility index (Phi) is 3.72. The summed E-state index contributed by atoms with van der Waals surface area (Å²) in [6.07, 6.45) is 1.87. The van der Waals surface area contributed by atoms with Crippen molar-refractivity contribution >= 4 is 54.4 Å². The molecule has 2 aromatic heterocycles. The van der Waals surface area contributed by atoms with Gasteiger partial charge in [-0.15, -0.1) is 0 Å². The van der Waals surface area contributed by atoms with Crippen LogP contribution < -0.4 is 0 Å². The Balaban J connectivity index is 1.63. The van der Waals surface area contributed by atoms with E-state index in [2.05, 4.69) is 92.7 Å². The van der Waals surface area contributed by atoms with Crippen LogP contribution >= 0.6 is 0 Å². The van der Waals surface area contributed by atoms with Crippen LogP contribution in [0.2, 0.25) is 0 Å². The molecule has 7 rings (SSSR count). The molecule has 0 saturated heterocycles. The van der Waals surface area contributed by atoms with Crippen LogP contribution in [0.25, 0.3) is 65.5 Å². The van der Waals surface area contributed by atoms with E-state index < -0.39 is 0 Å². The summed E-state index contributed by atoms with van der Waals surface area (Å²) in [5.41, 5.74) is 7.90. The lowest BCUT2D eigenvalue weighted by molar-refractivity contribution is 0.673. The van der Waals surface area contributed by atoms with Crippen molar-refractivity contribution in [1.29, 1.82) is 0 Å². The molecule has 0 saturated carbocycles. The second-order valence-electron chi connectivity index (χ2n) is 8.89. The van der Waals surface area contributed by atoms with Gasteiger partial charge in [-0.05, 0) is 71.1 Å². The first kappa shape index (κ1) is 18.4. The van der Waals surface area contributed by atoms with Crippen molar-refractivity contribution in [1.82, 2.24) is 4.98 Å². The Hall–Kier alpha value is -4.17. The van der Waals surface area contributed by atoms with Gasteiger partial charge in [0.2, 0.25) is 0 Å². The monoisotopic (exact) mass is 423 g/mol. The third-order valence-corrected chi connectivity index (χ3v) is 6.96. The maximum absolute atomic E-state index is 6.64. The minimum Gasteiger partial charge on any atom is -0.455 e. The average Bonchev–Trinajstić information content (AvgIpc) is 3.22. The topological polar surface area (TPSA) is 26.0 Å². The maximum atomic E-state index is 6.64. The highest BCUT2D eigenvalue weighted by Gasteiger charge is 2.17. The van der Waals surface area contributed by atoms with E-state index in [0.717, 1.165) is 38.2 Å². The van der Waals surface area contributed by atoms with Gasteiger partial charge < -0.3 is 4.42 Å². The number of hydrogen-bond acceptors (Lipinski definition) is 2. The molecule has 0 N–H and O–H groups in total. The van der Waals surface area contributed by atoms with Gasteiger partial charge in [-0.1, -0.05) is 60.7 Å². The highest BCUT2D eigenvalue weighted by atomic mass is 16.3. The number of pyridine rings is 1. The molecule has 2 nitrogen and oxygen atoms in total. The molecule has 0 radical (unpaired) electrons. The van der Waals surface area contributed by atoms with Gasteiger partial charge in [0, 0.05) is 33.1 Å². The van der Waals surface area contributed by atoms with Crippen molar-refractivity contribution in [3.8, 4) is 11.1 Å². The van der Waals surface area contributed by atoms with Crippen LogP contribution in [0.15, 0.2) is 95.5 Å². The van der Waals surface area contributed by atoms with E-state index >= 15 is 0 Å². The maximum Gasteiger partial charge on any atom is 0.143 e. The quantitative estimate of drug-likeness (QED) is 0.247. The normalized spacial score (nSPS) is 11.9. The van der Waals surface area contributed by atoms with Crippen LogP contribution in [0, 0.1) is 13.8 Å². The zero-order chi connectivity index (χ0) is 22.1. The third-order valence-electron chi connectivity index (χ3n) is 6.96. The van der Waals surface area contributed by atoms with E-state index in [1.165, 1.54) is 38.4 Å². The van der Waals surface area contributed by atoms with Crippen LogP contribution in [-0.4, -0.2) is 4.98 Å². The number of furan rings is 1. The van der Waals surface area contributed by atoms with Gasteiger partial charge >= 0.3 is 0 Å². The molecule has 0 aliphatic heterocycles. The number of rotatable bonds is 1. The summed E-state index contributed by atoms with van der Waals surface area (Å²) >= 11 is 0. The smallest absolute Gasteiger partial charge is 0.143 e. The fraction of sp³-hybridized carbons (Fsp3) is 0.0645. The lowest BCUT2D eigenvalue weighted by Gasteiger charge is -2.09. The van der Waals surface area contributed by atoms with Crippen molar-refractivity contribution in [3.63, 3.8) is 0 Å². The summed E-state index contributed by atoms with van der Waals surface area (Å²) in [5, 5.41) is 8.14. The molecule has 0 aliphatic rings. The van der Waals surface area contributed by atoms with Crippen LogP contribution in [-0.2, 0) is 0 Å². The molecule has 0 fully saturated rings. The zero-order valence-electron chi connectivity index (χ0n) is 18.5. The first-order valence-electron chi connectivity index (χ1n) is 11.3. The Morgan fingerprint density at radius 2 is 1.33 bits per heavy atom. The van der Waals surface area contributed by atoms with Gasteiger partial charge in [-0.3, -0.25) is 4.98 Å². The van der Waals surface area contributed by atoms with Crippen molar-refractivity contribution in [3.05, 3.63) is 102 Å². The molecule has 2 heterocycles. The van der Waals surface area contributed by atoms with E-state index in [4.69, 9.17) is 9.40 Å². The van der Waals surface area contributed by atoms with Gasteiger partial charge in [-0.25, -0.2) is 0 Å². The predicted octanol–water partition coefficient (Wildman–Crippen LogP) is 8.72. The zero-order valence-corrected chi connectivity index (χ0v) is 18.5. The Labute approximate surface area is 191 Å². The second kappa shape index (κ2) is 6.66. The average molecular weight is 424 g/mol. The first-order valence-corrected chi connectivity index (χ1v) is 11.3. The minimum atomic E-state index is 0.919. The fourth-order valence-electron chi connectivity index (χ4n) is 5.50. The standard InChI is InChI=1S/C31H21NO/c1-18-7-5-8-19(2)28(18)20-12-13-22-25-15-14-23-21-9-3-4-10-24(21)30-26(11-6-16-32-30)29(23)31(25)33-27(22)17-20/h3-17H,1-2H3. The predicted molar refractivity (Wildman–Crippen MR) is 139 cm³/mol. The Bertz CT molecular complexity index is 1840. The second-order valence-corrected chi connectivity index (χ2v) is 8.89. The molecular formula is C31H21NO. The summed E-state index contributed by atoms with van der Waals surface area (Å²) in [6.45, 7) is 4.34. The molecule has 0 amide bonds. The fourth-order valence-corrected chi connectivity index (χ4v) is 5.50. The molecule has 0 bridgehead atoms. The highest BCUT2D eigenvalue weighted by molar-refractivity contribution is 6.31. The SMILES string of the molecule is Cc1cccc(C)c1-c1ccc2c(c1)oc1c2ccc2c3ccccc3c3ncccc3c21. The van der Waals surface area contributed by atoms with E-state index in [1.54, 1.807) is 0 Å². The van der Waals surface area contributed by atoms with Crippen molar-refractivity contribution in [2.75, 3.05) is 0 Å². The largest absolute Gasteiger partial charge is 0.455 e. The van der Waals surface area contributed by atoms with Gasteiger partial charge in [0.05, 0.1) is 5.52 Å². The van der Waals surface area contributed by atoms with Gasteiger partial charge in [-0.2, -0.15) is 0 Å². The highest BCUT2D eigenvalue weighted by Crippen LogP contribution is 2.42. The number of aromatic nitrogens is 1. The van der Waals surface area contributed by atoms with Crippen molar-refractivity contribution in [2.45, 2.75) is 13.8 Å². The van der Waals surface area contributed by atoms with E-state index in [0.29, 0.717) is 0 Å². The van der Waals surface area contributed by atoms with Crippen molar-refractivity contribution in [2.24, 2.45) is 0 Å². The molecule has 5 aromatic carbocycles. The van der Waals surface area contributed by atoms with E-state index in [9.17, 15) is 0 Å². The van der Waals surface area contributed by atoms with E-state index in [-0.39, 0.29) is 0 Å². The first-order chi connectivity index (χ1) is 16.2. The van der Waals surface area contributed by atoms with E-state index in [1.807, 2.05) is 12.3 Å². The van der Waals surface area contributed by atoms with Crippen LogP contribution in [0.5, 0.6) is 0 Å². The Morgan fingerprint density at radius 1 is 0.606 bits per heavy atom. The molecule has 33 heavy (non-hydrogen) atoms. The van der Waals surface area contributed by atoms with Crippen LogP contribution in [0.4, 0.5) is 0 Å². The number of benzene rings is 5. The van der Waals surface area contributed by atoms with Crippen molar-refractivity contribution < 1.29 is 4.42 Å². The van der Waals surface area contributed by atoms with Gasteiger partial charge in [0.15, 0.2) is 0 Å². The summed E-state index contributed by atoms with van der Waals surface area (Å²) in [5.74, 6) is 0. The summed E-state index contributed by atoms with van der Waals surface area (Å²) in [4.78, 5) is 4.75. The molecule has 2 heteroatoms. The summed E-state index contributed by atoms with van der Waals surface area (Å²) in [6, 6.07) is 30.2. The minimum absolute atomic E-state index is 0.919. The Morgan fingerprint density at radius 3 is 2.18 bits per heavy atom. The molecule has 0 atom stereocenters.